The maximum atomic E-state index is 12.7. The Hall–Kier alpha value is -0.640. The zero-order valence-corrected chi connectivity index (χ0v) is 12.0. The van der Waals surface area contributed by atoms with Crippen molar-refractivity contribution in [3.05, 3.63) is 0 Å². The minimum atomic E-state index is -0.562. The Morgan fingerprint density at radius 3 is 2.24 bits per heavy atom. The standard InChI is InChI=1S/C13H24N2OS/c1-4-15(10(2)3)12(16)13(11(14)17)8-6-5-7-9-13/h10H,4-9H2,1-3H3,(H2,14,17). The van der Waals surface area contributed by atoms with Gasteiger partial charge in [-0.05, 0) is 33.6 Å². The van der Waals surface area contributed by atoms with Gasteiger partial charge in [-0.25, -0.2) is 0 Å². The number of carbonyl (C=O) groups excluding carboxylic acids is 1. The molecule has 0 aliphatic heterocycles. The molecular formula is C13H24N2OS. The van der Waals surface area contributed by atoms with Crippen molar-refractivity contribution in [2.75, 3.05) is 6.54 Å². The van der Waals surface area contributed by atoms with Crippen LogP contribution in [0.25, 0.3) is 0 Å². The average molecular weight is 256 g/mol. The first-order valence-corrected chi connectivity index (χ1v) is 6.97. The van der Waals surface area contributed by atoms with E-state index in [4.69, 9.17) is 18.0 Å². The third-order valence-electron chi connectivity index (χ3n) is 3.81. The van der Waals surface area contributed by atoms with Gasteiger partial charge in [-0.15, -0.1) is 0 Å². The molecule has 0 aromatic heterocycles. The van der Waals surface area contributed by atoms with Gasteiger partial charge in [-0.3, -0.25) is 4.79 Å². The largest absolute Gasteiger partial charge is 0.392 e. The summed E-state index contributed by atoms with van der Waals surface area (Å²) in [4.78, 5) is 15.0. The zero-order valence-electron chi connectivity index (χ0n) is 11.2. The van der Waals surface area contributed by atoms with Crippen LogP contribution >= 0.6 is 12.2 Å². The highest BCUT2D eigenvalue weighted by Gasteiger charge is 2.44. The van der Waals surface area contributed by atoms with Gasteiger partial charge in [0, 0.05) is 12.6 Å². The number of hydrogen-bond donors (Lipinski definition) is 1. The molecule has 17 heavy (non-hydrogen) atoms. The highest BCUT2D eigenvalue weighted by atomic mass is 32.1. The fourth-order valence-electron chi connectivity index (χ4n) is 2.74. The van der Waals surface area contributed by atoms with Gasteiger partial charge in [0.25, 0.3) is 0 Å². The van der Waals surface area contributed by atoms with Gasteiger partial charge in [-0.1, -0.05) is 31.5 Å². The first-order valence-electron chi connectivity index (χ1n) is 6.56. The van der Waals surface area contributed by atoms with Crippen LogP contribution in [0.5, 0.6) is 0 Å². The summed E-state index contributed by atoms with van der Waals surface area (Å²) in [7, 11) is 0. The molecule has 98 valence electrons. The summed E-state index contributed by atoms with van der Waals surface area (Å²) in [6, 6.07) is 0.209. The third kappa shape index (κ3) is 2.79. The van der Waals surface area contributed by atoms with Crippen molar-refractivity contribution in [2.24, 2.45) is 11.1 Å². The number of nitrogens with two attached hydrogens (primary N) is 1. The summed E-state index contributed by atoms with van der Waals surface area (Å²) in [5, 5.41) is 0. The maximum Gasteiger partial charge on any atom is 0.235 e. The van der Waals surface area contributed by atoms with Gasteiger partial charge >= 0.3 is 0 Å². The summed E-state index contributed by atoms with van der Waals surface area (Å²) in [5.41, 5.74) is 5.32. The van der Waals surface area contributed by atoms with E-state index in [1.807, 2.05) is 25.7 Å². The number of rotatable bonds is 4. The molecule has 1 aliphatic carbocycles. The predicted molar refractivity (Wildman–Crippen MR) is 74.8 cm³/mol. The molecule has 3 nitrogen and oxygen atoms in total. The highest BCUT2D eigenvalue weighted by molar-refractivity contribution is 7.80. The van der Waals surface area contributed by atoms with Gasteiger partial charge in [0.2, 0.25) is 5.91 Å². The Kier molecular flexibility index (Phi) is 4.92. The summed E-state index contributed by atoms with van der Waals surface area (Å²) in [5.74, 6) is 0.141. The average Bonchev–Trinajstić information content (AvgIpc) is 2.30. The fourth-order valence-corrected chi connectivity index (χ4v) is 3.03. The third-order valence-corrected chi connectivity index (χ3v) is 4.20. The van der Waals surface area contributed by atoms with Gasteiger partial charge in [-0.2, -0.15) is 0 Å². The van der Waals surface area contributed by atoms with Crippen LogP contribution in [-0.4, -0.2) is 28.4 Å². The molecule has 0 bridgehead atoms. The summed E-state index contributed by atoms with van der Waals surface area (Å²) >= 11 is 5.19. The molecule has 1 aliphatic rings. The zero-order chi connectivity index (χ0) is 13.1. The van der Waals surface area contributed by atoms with Crippen LogP contribution in [-0.2, 0) is 4.79 Å². The highest BCUT2D eigenvalue weighted by Crippen LogP contribution is 2.38. The Morgan fingerprint density at radius 1 is 1.35 bits per heavy atom. The minimum Gasteiger partial charge on any atom is -0.392 e. The lowest BCUT2D eigenvalue weighted by Crippen LogP contribution is -2.53. The van der Waals surface area contributed by atoms with Crippen molar-refractivity contribution in [2.45, 2.75) is 58.9 Å². The van der Waals surface area contributed by atoms with Crippen molar-refractivity contribution in [1.82, 2.24) is 4.90 Å². The first-order chi connectivity index (χ1) is 7.95. The van der Waals surface area contributed by atoms with E-state index in [-0.39, 0.29) is 11.9 Å². The lowest BCUT2D eigenvalue weighted by atomic mass is 9.72. The number of hydrogen-bond acceptors (Lipinski definition) is 2. The Balaban J connectivity index is 2.97. The molecule has 0 spiro atoms. The van der Waals surface area contributed by atoms with Crippen molar-refractivity contribution < 1.29 is 4.79 Å². The maximum absolute atomic E-state index is 12.7. The number of thiocarbonyl (C=S) groups is 1. The van der Waals surface area contributed by atoms with Crippen molar-refractivity contribution in [1.29, 1.82) is 0 Å². The van der Waals surface area contributed by atoms with Crippen molar-refractivity contribution >= 4 is 23.1 Å². The summed E-state index contributed by atoms with van der Waals surface area (Å²) < 4.78 is 0. The van der Waals surface area contributed by atoms with Crippen LogP contribution in [0.15, 0.2) is 0 Å². The van der Waals surface area contributed by atoms with Crippen LogP contribution in [0, 0.1) is 5.41 Å². The second-order valence-corrected chi connectivity index (χ2v) is 5.63. The molecule has 0 aromatic carbocycles. The van der Waals surface area contributed by atoms with Crippen LogP contribution in [0.4, 0.5) is 0 Å². The Morgan fingerprint density at radius 2 is 1.88 bits per heavy atom. The van der Waals surface area contributed by atoms with Gasteiger partial charge in [0.15, 0.2) is 0 Å². The molecule has 0 heterocycles. The monoisotopic (exact) mass is 256 g/mol. The van der Waals surface area contributed by atoms with Crippen molar-refractivity contribution in [3.63, 3.8) is 0 Å². The smallest absolute Gasteiger partial charge is 0.235 e. The SMILES string of the molecule is CCN(C(=O)C1(C(N)=S)CCCCC1)C(C)C. The topological polar surface area (TPSA) is 46.3 Å². The predicted octanol–water partition coefficient (Wildman–Crippen LogP) is 2.48. The molecule has 4 heteroatoms. The first kappa shape index (κ1) is 14.4. The molecule has 0 radical (unpaired) electrons. The lowest BCUT2D eigenvalue weighted by Gasteiger charge is -2.40. The molecule has 0 saturated heterocycles. The van der Waals surface area contributed by atoms with E-state index < -0.39 is 5.41 Å². The van der Waals surface area contributed by atoms with E-state index >= 15 is 0 Å². The Labute approximate surface area is 110 Å². The van der Waals surface area contributed by atoms with E-state index in [0.29, 0.717) is 4.99 Å². The number of amides is 1. The molecule has 1 amide bonds. The van der Waals surface area contributed by atoms with Crippen LogP contribution in [0.2, 0.25) is 0 Å². The molecule has 0 aromatic rings. The lowest BCUT2D eigenvalue weighted by molar-refractivity contribution is -0.141. The molecule has 1 saturated carbocycles. The van der Waals surface area contributed by atoms with Gasteiger partial charge in [0.1, 0.15) is 0 Å². The quantitative estimate of drug-likeness (QED) is 0.786. The second-order valence-electron chi connectivity index (χ2n) is 5.19. The summed E-state index contributed by atoms with van der Waals surface area (Å²) in [6.07, 6.45) is 4.94. The Bertz CT molecular complexity index is 296. The van der Waals surface area contributed by atoms with Gasteiger partial charge < -0.3 is 10.6 Å². The molecule has 0 unspecified atom stereocenters. The van der Waals surface area contributed by atoms with Crippen molar-refractivity contribution in [3.8, 4) is 0 Å². The van der Waals surface area contributed by atoms with E-state index in [2.05, 4.69) is 0 Å². The minimum absolute atomic E-state index is 0.141. The fraction of sp³-hybridized carbons (Fsp3) is 0.846. The molecule has 1 fully saturated rings. The van der Waals surface area contributed by atoms with E-state index in [1.165, 1.54) is 6.42 Å². The van der Waals surface area contributed by atoms with Crippen LogP contribution in [0.3, 0.4) is 0 Å². The van der Waals surface area contributed by atoms with Crippen LogP contribution < -0.4 is 5.73 Å². The molecular weight excluding hydrogens is 232 g/mol. The number of carbonyl (C=O) groups is 1. The molecule has 2 N–H and O–H groups in total. The number of nitrogens with zero attached hydrogens (tertiary/aromatic N) is 1. The van der Waals surface area contributed by atoms with Gasteiger partial charge in [0.05, 0.1) is 10.4 Å². The summed E-state index contributed by atoms with van der Waals surface area (Å²) in [6.45, 7) is 6.81. The van der Waals surface area contributed by atoms with Crippen LogP contribution in [0.1, 0.15) is 52.9 Å². The van der Waals surface area contributed by atoms with E-state index in [1.54, 1.807) is 0 Å². The van der Waals surface area contributed by atoms with E-state index in [9.17, 15) is 4.79 Å². The molecule has 1 rings (SSSR count). The second kappa shape index (κ2) is 5.80. The molecule has 0 atom stereocenters. The van der Waals surface area contributed by atoms with E-state index in [0.717, 1.165) is 32.2 Å². The normalized spacial score (nSPS) is 19.1.